The molecule has 0 aliphatic heterocycles. The fraction of sp³-hybridized carbons (Fsp3) is 0.400. The third-order valence-corrected chi connectivity index (χ3v) is 7.35. The number of hydrogen-bond donors (Lipinski definition) is 1. The van der Waals surface area contributed by atoms with Gasteiger partial charge >= 0.3 is 0 Å². The van der Waals surface area contributed by atoms with Crippen LogP contribution in [0.25, 0.3) is 0 Å². The van der Waals surface area contributed by atoms with E-state index < -0.39 is 19.7 Å². The second-order valence-electron chi connectivity index (χ2n) is 7.34. The van der Waals surface area contributed by atoms with Crippen LogP contribution in [0, 0.1) is 5.92 Å². The fourth-order valence-electron chi connectivity index (χ4n) is 3.37. The minimum Gasteiger partial charge on any atom is -0.377 e. The summed E-state index contributed by atoms with van der Waals surface area (Å²) < 4.78 is 48.3. The maximum Gasteiger partial charge on any atom is 0.177 e. The molecule has 2 aromatic rings. The van der Waals surface area contributed by atoms with Crippen LogP contribution in [0.15, 0.2) is 58.3 Å². The number of nitrogens with one attached hydrogen (secondary N) is 1. The van der Waals surface area contributed by atoms with Gasteiger partial charge in [0.25, 0.3) is 0 Å². The fourth-order valence-corrected chi connectivity index (χ4v) is 4.96. The normalized spacial score (nSPS) is 16.5. The molecular weight excluding hydrogens is 382 g/mol. The van der Waals surface area contributed by atoms with Crippen LogP contribution in [0.2, 0.25) is 0 Å². The molecule has 1 aliphatic rings. The van der Waals surface area contributed by atoms with Gasteiger partial charge in [0, 0.05) is 12.5 Å². The Bertz CT molecular complexity index is 1010. The van der Waals surface area contributed by atoms with Gasteiger partial charge in [-0.2, -0.15) is 0 Å². The highest BCUT2D eigenvalue weighted by Crippen LogP contribution is 2.37. The van der Waals surface area contributed by atoms with Gasteiger partial charge in [-0.15, -0.1) is 0 Å². The van der Waals surface area contributed by atoms with Crippen molar-refractivity contribution in [2.45, 2.75) is 41.5 Å². The molecule has 27 heavy (non-hydrogen) atoms. The lowest BCUT2D eigenvalue weighted by atomic mass is 9.79. The molecule has 0 heterocycles. The van der Waals surface area contributed by atoms with E-state index in [0.29, 0.717) is 11.6 Å². The highest BCUT2D eigenvalue weighted by molar-refractivity contribution is 7.91. The van der Waals surface area contributed by atoms with Gasteiger partial charge in [0.1, 0.15) is 0 Å². The molecular formula is C20H25NO4S2. The van der Waals surface area contributed by atoms with Crippen LogP contribution in [0.3, 0.4) is 0 Å². The molecule has 146 valence electrons. The van der Waals surface area contributed by atoms with Crippen molar-refractivity contribution in [1.29, 1.82) is 0 Å². The Morgan fingerprint density at radius 3 is 2.15 bits per heavy atom. The summed E-state index contributed by atoms with van der Waals surface area (Å²) in [7, 11) is -7.08. The topological polar surface area (TPSA) is 80.3 Å². The Kier molecular flexibility index (Phi) is 5.63. The SMILES string of the molecule is CS(=O)(=O)c1ccc(NC(CC2CCC2)c2ccccc2)c(S(C)(=O)=O)c1. The smallest absolute Gasteiger partial charge is 0.177 e. The average Bonchev–Trinajstić information content (AvgIpc) is 2.56. The third-order valence-electron chi connectivity index (χ3n) is 5.11. The van der Waals surface area contributed by atoms with Gasteiger partial charge in [-0.1, -0.05) is 49.6 Å². The van der Waals surface area contributed by atoms with Crippen molar-refractivity contribution in [2.75, 3.05) is 17.8 Å². The Labute approximate surface area is 161 Å². The standard InChI is InChI=1S/C20H25NO4S2/c1-26(22,23)17-11-12-18(20(14-17)27(2,24)25)21-19(13-15-7-6-8-15)16-9-4-3-5-10-16/h3-5,9-12,14-15,19,21H,6-8,13H2,1-2H3. The van der Waals surface area contributed by atoms with Crippen LogP contribution in [0.1, 0.15) is 37.3 Å². The Hall–Kier alpha value is -1.86. The predicted molar refractivity (Wildman–Crippen MR) is 107 cm³/mol. The zero-order valence-electron chi connectivity index (χ0n) is 15.6. The summed E-state index contributed by atoms with van der Waals surface area (Å²) in [4.78, 5) is 0.0173. The van der Waals surface area contributed by atoms with Crippen molar-refractivity contribution in [2.24, 2.45) is 5.92 Å². The lowest BCUT2D eigenvalue weighted by Gasteiger charge is -2.31. The molecule has 0 radical (unpaired) electrons. The summed E-state index contributed by atoms with van der Waals surface area (Å²) in [5.41, 5.74) is 1.54. The van der Waals surface area contributed by atoms with Crippen molar-refractivity contribution in [1.82, 2.24) is 0 Å². The summed E-state index contributed by atoms with van der Waals surface area (Å²) in [6, 6.07) is 14.2. The van der Waals surface area contributed by atoms with E-state index in [4.69, 9.17) is 0 Å². The van der Waals surface area contributed by atoms with Crippen molar-refractivity contribution >= 4 is 25.4 Å². The Morgan fingerprint density at radius 1 is 0.963 bits per heavy atom. The molecule has 0 spiro atoms. The molecule has 1 saturated carbocycles. The van der Waals surface area contributed by atoms with Crippen LogP contribution in [-0.2, 0) is 19.7 Å². The largest absolute Gasteiger partial charge is 0.377 e. The first kappa shape index (κ1) is 19.9. The number of anilines is 1. The average molecular weight is 408 g/mol. The Balaban J connectivity index is 2.00. The first-order valence-corrected chi connectivity index (χ1v) is 12.8. The van der Waals surface area contributed by atoms with Crippen LogP contribution < -0.4 is 5.32 Å². The van der Waals surface area contributed by atoms with E-state index in [0.717, 1.165) is 24.5 Å². The van der Waals surface area contributed by atoms with E-state index in [9.17, 15) is 16.8 Å². The minimum atomic E-state index is -3.59. The first-order valence-electron chi connectivity index (χ1n) is 9.00. The molecule has 1 unspecified atom stereocenters. The highest BCUT2D eigenvalue weighted by atomic mass is 32.2. The van der Waals surface area contributed by atoms with E-state index in [1.165, 1.54) is 31.4 Å². The maximum absolute atomic E-state index is 12.3. The van der Waals surface area contributed by atoms with Gasteiger partial charge in [-0.05, 0) is 36.1 Å². The van der Waals surface area contributed by atoms with Gasteiger partial charge in [0.2, 0.25) is 0 Å². The number of benzene rings is 2. The van der Waals surface area contributed by atoms with Gasteiger partial charge < -0.3 is 5.32 Å². The van der Waals surface area contributed by atoms with Gasteiger partial charge in [0.05, 0.1) is 21.5 Å². The van der Waals surface area contributed by atoms with E-state index in [1.54, 1.807) is 6.07 Å². The summed E-state index contributed by atoms with van der Waals surface area (Å²) >= 11 is 0. The Morgan fingerprint density at radius 2 is 1.63 bits per heavy atom. The molecule has 1 aliphatic carbocycles. The lowest BCUT2D eigenvalue weighted by molar-refractivity contribution is 0.282. The van der Waals surface area contributed by atoms with Crippen LogP contribution in [-0.4, -0.2) is 29.3 Å². The van der Waals surface area contributed by atoms with Gasteiger partial charge in [0.15, 0.2) is 19.7 Å². The maximum atomic E-state index is 12.3. The van der Waals surface area contributed by atoms with E-state index in [1.807, 2.05) is 30.3 Å². The van der Waals surface area contributed by atoms with Crippen LogP contribution >= 0.6 is 0 Å². The number of rotatable bonds is 7. The third kappa shape index (κ3) is 4.90. The van der Waals surface area contributed by atoms with Gasteiger partial charge in [-0.25, -0.2) is 16.8 Å². The second kappa shape index (κ2) is 7.64. The number of sulfone groups is 2. The summed E-state index contributed by atoms with van der Waals surface area (Å²) in [5.74, 6) is 0.625. The molecule has 0 bridgehead atoms. The van der Waals surface area contributed by atoms with Crippen molar-refractivity contribution in [3.05, 3.63) is 54.1 Å². The lowest BCUT2D eigenvalue weighted by Crippen LogP contribution is -2.21. The molecule has 3 rings (SSSR count). The molecule has 7 heteroatoms. The summed E-state index contributed by atoms with van der Waals surface area (Å²) in [6.45, 7) is 0. The molecule has 0 amide bonds. The molecule has 2 aromatic carbocycles. The second-order valence-corrected chi connectivity index (χ2v) is 11.3. The van der Waals surface area contributed by atoms with Crippen LogP contribution in [0.5, 0.6) is 0 Å². The minimum absolute atomic E-state index is 0.00345. The quantitative estimate of drug-likeness (QED) is 0.754. The molecule has 1 atom stereocenters. The zero-order valence-corrected chi connectivity index (χ0v) is 17.2. The van der Waals surface area contributed by atoms with Crippen LogP contribution in [0.4, 0.5) is 5.69 Å². The predicted octanol–water partition coefficient (Wildman–Crippen LogP) is 3.84. The molecule has 5 nitrogen and oxygen atoms in total. The summed E-state index contributed by atoms with van der Waals surface area (Å²) in [5, 5.41) is 3.37. The first-order chi connectivity index (χ1) is 12.6. The van der Waals surface area contributed by atoms with Gasteiger partial charge in [-0.3, -0.25) is 0 Å². The van der Waals surface area contributed by atoms with Crippen molar-refractivity contribution in [3.8, 4) is 0 Å². The molecule has 0 saturated heterocycles. The zero-order chi connectivity index (χ0) is 19.7. The molecule has 0 aromatic heterocycles. The molecule has 1 fully saturated rings. The highest BCUT2D eigenvalue weighted by Gasteiger charge is 2.25. The monoisotopic (exact) mass is 407 g/mol. The van der Waals surface area contributed by atoms with E-state index in [-0.39, 0.29) is 15.8 Å². The van der Waals surface area contributed by atoms with Crippen molar-refractivity contribution in [3.63, 3.8) is 0 Å². The van der Waals surface area contributed by atoms with E-state index >= 15 is 0 Å². The number of hydrogen-bond acceptors (Lipinski definition) is 5. The van der Waals surface area contributed by atoms with Crippen molar-refractivity contribution < 1.29 is 16.8 Å². The summed E-state index contributed by atoms with van der Waals surface area (Å²) in [6.07, 6.45) is 6.71. The van der Waals surface area contributed by atoms with E-state index in [2.05, 4.69) is 5.32 Å². The molecule has 1 N–H and O–H groups in total.